The number of carbonyl (C=O) groups excluding carboxylic acids is 1. The van der Waals surface area contributed by atoms with E-state index in [9.17, 15) is 9.18 Å². The summed E-state index contributed by atoms with van der Waals surface area (Å²) in [6.07, 6.45) is 0.187. The van der Waals surface area contributed by atoms with Crippen molar-refractivity contribution in [2.24, 2.45) is 0 Å². The number of carbonyl (C=O) groups is 1. The van der Waals surface area contributed by atoms with Crippen LogP contribution in [0, 0.1) is 5.82 Å². The van der Waals surface area contributed by atoms with Crippen molar-refractivity contribution in [3.63, 3.8) is 0 Å². The lowest BCUT2D eigenvalue weighted by Gasteiger charge is -2.06. The molecule has 0 N–H and O–H groups in total. The third-order valence-electron chi connectivity index (χ3n) is 2.80. The van der Waals surface area contributed by atoms with E-state index in [0.29, 0.717) is 21.2 Å². The summed E-state index contributed by atoms with van der Waals surface area (Å²) in [5, 5.41) is 0.963. The van der Waals surface area contributed by atoms with Gasteiger partial charge in [0, 0.05) is 27.4 Å². The Kier molecular flexibility index (Phi) is 5.19. The number of halogens is 4. The van der Waals surface area contributed by atoms with E-state index in [-0.39, 0.29) is 24.4 Å². The predicted octanol–water partition coefficient (Wildman–Crippen LogP) is 5.25. The highest BCUT2D eigenvalue weighted by molar-refractivity contribution is 9.10. The van der Waals surface area contributed by atoms with Gasteiger partial charge in [0.1, 0.15) is 11.6 Å². The molecule has 0 aliphatic carbocycles. The minimum Gasteiger partial charge on any atom is -0.299 e. The molecule has 20 heavy (non-hydrogen) atoms. The van der Waals surface area contributed by atoms with Crippen LogP contribution < -0.4 is 0 Å². The monoisotopic (exact) mass is 374 g/mol. The van der Waals surface area contributed by atoms with Crippen LogP contribution in [0.25, 0.3) is 0 Å². The summed E-state index contributed by atoms with van der Waals surface area (Å²) in [6, 6.07) is 9.51. The molecule has 0 bridgehead atoms. The summed E-state index contributed by atoms with van der Waals surface area (Å²) < 4.78 is 14.3. The van der Waals surface area contributed by atoms with E-state index in [1.807, 2.05) is 0 Å². The molecule has 2 aromatic rings. The molecular formula is C15H10BrCl2FO. The highest BCUT2D eigenvalue weighted by Crippen LogP contribution is 2.22. The Labute approximate surface area is 134 Å². The van der Waals surface area contributed by atoms with Gasteiger partial charge in [-0.25, -0.2) is 4.39 Å². The largest absolute Gasteiger partial charge is 0.299 e. The molecule has 0 aliphatic rings. The molecule has 0 aliphatic heterocycles. The molecule has 0 spiro atoms. The zero-order valence-electron chi connectivity index (χ0n) is 10.3. The fourth-order valence-corrected chi connectivity index (χ4v) is 2.71. The molecule has 0 saturated carbocycles. The number of ketones is 1. The summed E-state index contributed by atoms with van der Waals surface area (Å²) >= 11 is 15.1. The number of hydrogen-bond acceptors (Lipinski definition) is 1. The third kappa shape index (κ3) is 4.05. The molecule has 0 atom stereocenters. The second-order valence-electron chi connectivity index (χ2n) is 4.36. The first-order chi connectivity index (χ1) is 9.45. The first kappa shape index (κ1) is 15.5. The molecule has 0 fully saturated rings. The van der Waals surface area contributed by atoms with E-state index in [1.165, 1.54) is 6.07 Å². The van der Waals surface area contributed by atoms with Crippen LogP contribution in [-0.4, -0.2) is 5.78 Å². The van der Waals surface area contributed by atoms with Crippen molar-refractivity contribution in [2.75, 3.05) is 0 Å². The Morgan fingerprint density at radius 1 is 1.05 bits per heavy atom. The summed E-state index contributed by atoms with van der Waals surface area (Å²) in [5.74, 6) is -0.491. The van der Waals surface area contributed by atoms with Crippen molar-refractivity contribution < 1.29 is 9.18 Å². The summed E-state index contributed by atoms with van der Waals surface area (Å²) in [5.41, 5.74) is 1.06. The van der Waals surface area contributed by atoms with Crippen LogP contribution in [0.15, 0.2) is 40.9 Å². The van der Waals surface area contributed by atoms with Crippen molar-refractivity contribution in [2.45, 2.75) is 12.8 Å². The van der Waals surface area contributed by atoms with Gasteiger partial charge in [-0.05, 0) is 41.5 Å². The first-order valence-electron chi connectivity index (χ1n) is 5.85. The van der Waals surface area contributed by atoms with Gasteiger partial charge in [0.15, 0.2) is 0 Å². The van der Waals surface area contributed by atoms with Crippen LogP contribution in [0.3, 0.4) is 0 Å². The molecule has 0 heterocycles. The molecule has 0 aromatic heterocycles. The van der Waals surface area contributed by atoms with Gasteiger partial charge in [-0.2, -0.15) is 0 Å². The summed E-state index contributed by atoms with van der Waals surface area (Å²) in [4.78, 5) is 12.0. The number of rotatable bonds is 4. The standard InChI is InChI=1S/C15H10BrCl2FO/c16-11-2-4-15(19)10(5-11)7-13(20)6-9-1-3-12(17)8-14(9)18/h1-5,8H,6-7H2. The van der Waals surface area contributed by atoms with E-state index < -0.39 is 0 Å². The smallest absolute Gasteiger partial charge is 0.141 e. The first-order valence-corrected chi connectivity index (χ1v) is 7.40. The molecule has 0 saturated heterocycles. The van der Waals surface area contributed by atoms with Crippen LogP contribution in [0.1, 0.15) is 11.1 Å². The fourth-order valence-electron chi connectivity index (χ4n) is 1.83. The van der Waals surface area contributed by atoms with Crippen molar-refractivity contribution in [3.05, 3.63) is 67.9 Å². The van der Waals surface area contributed by atoms with Crippen molar-refractivity contribution in [1.82, 2.24) is 0 Å². The minimum atomic E-state index is -0.385. The maximum absolute atomic E-state index is 13.6. The Morgan fingerprint density at radius 2 is 1.75 bits per heavy atom. The summed E-state index contributed by atoms with van der Waals surface area (Å²) in [6.45, 7) is 0. The van der Waals surface area contributed by atoms with Crippen LogP contribution in [0.5, 0.6) is 0 Å². The van der Waals surface area contributed by atoms with Crippen LogP contribution in [0.4, 0.5) is 4.39 Å². The van der Waals surface area contributed by atoms with Crippen molar-refractivity contribution in [3.8, 4) is 0 Å². The van der Waals surface area contributed by atoms with E-state index in [0.717, 1.165) is 4.47 Å². The maximum Gasteiger partial charge on any atom is 0.141 e. The predicted molar refractivity (Wildman–Crippen MR) is 83.0 cm³/mol. The lowest BCUT2D eigenvalue weighted by atomic mass is 10.0. The molecule has 1 nitrogen and oxygen atoms in total. The van der Waals surface area contributed by atoms with E-state index in [2.05, 4.69) is 15.9 Å². The van der Waals surface area contributed by atoms with Gasteiger partial charge in [-0.15, -0.1) is 0 Å². The van der Waals surface area contributed by atoms with Gasteiger partial charge in [0.2, 0.25) is 0 Å². The number of Topliss-reactive ketones (excluding diaryl/α,β-unsaturated/α-hetero) is 1. The lowest BCUT2D eigenvalue weighted by molar-refractivity contribution is -0.117. The van der Waals surface area contributed by atoms with Gasteiger partial charge in [-0.3, -0.25) is 4.79 Å². The molecule has 2 aromatic carbocycles. The Hall–Kier alpha value is -0.900. The molecule has 104 valence electrons. The Morgan fingerprint density at radius 3 is 2.45 bits per heavy atom. The molecule has 2 rings (SSSR count). The average Bonchev–Trinajstić information content (AvgIpc) is 2.37. The average molecular weight is 376 g/mol. The van der Waals surface area contributed by atoms with Gasteiger partial charge >= 0.3 is 0 Å². The maximum atomic E-state index is 13.6. The summed E-state index contributed by atoms with van der Waals surface area (Å²) in [7, 11) is 0. The fraction of sp³-hybridized carbons (Fsp3) is 0.133. The van der Waals surface area contributed by atoms with E-state index >= 15 is 0 Å². The van der Waals surface area contributed by atoms with Gasteiger partial charge in [0.05, 0.1) is 0 Å². The van der Waals surface area contributed by atoms with E-state index in [1.54, 1.807) is 30.3 Å². The molecule has 0 amide bonds. The Balaban J connectivity index is 2.11. The quantitative estimate of drug-likeness (QED) is 0.713. The molecular weight excluding hydrogens is 366 g/mol. The van der Waals surface area contributed by atoms with Gasteiger partial charge in [0.25, 0.3) is 0 Å². The molecule has 0 radical (unpaired) electrons. The number of benzene rings is 2. The zero-order chi connectivity index (χ0) is 14.7. The highest BCUT2D eigenvalue weighted by Gasteiger charge is 2.11. The third-order valence-corrected chi connectivity index (χ3v) is 3.88. The lowest BCUT2D eigenvalue weighted by Crippen LogP contribution is -2.08. The van der Waals surface area contributed by atoms with E-state index in [4.69, 9.17) is 23.2 Å². The van der Waals surface area contributed by atoms with Crippen LogP contribution in [0.2, 0.25) is 10.0 Å². The highest BCUT2D eigenvalue weighted by atomic mass is 79.9. The molecule has 0 unspecified atom stereocenters. The Bertz CT molecular complexity index is 658. The van der Waals surface area contributed by atoms with Crippen molar-refractivity contribution >= 4 is 44.9 Å². The SMILES string of the molecule is O=C(Cc1cc(Br)ccc1F)Cc1ccc(Cl)cc1Cl. The second kappa shape index (κ2) is 6.70. The second-order valence-corrected chi connectivity index (χ2v) is 6.12. The zero-order valence-corrected chi connectivity index (χ0v) is 13.4. The number of hydrogen-bond donors (Lipinski definition) is 0. The van der Waals surface area contributed by atoms with Crippen molar-refractivity contribution in [1.29, 1.82) is 0 Å². The topological polar surface area (TPSA) is 17.1 Å². The normalized spacial score (nSPS) is 10.6. The van der Waals surface area contributed by atoms with Gasteiger partial charge < -0.3 is 0 Å². The van der Waals surface area contributed by atoms with Crippen LogP contribution >= 0.6 is 39.1 Å². The van der Waals surface area contributed by atoms with Gasteiger partial charge in [-0.1, -0.05) is 45.2 Å². The molecule has 5 heteroatoms. The minimum absolute atomic E-state index is 0.0320. The van der Waals surface area contributed by atoms with Crippen LogP contribution in [-0.2, 0) is 17.6 Å².